The molecule has 0 aliphatic carbocycles. The monoisotopic (exact) mass is 975 g/mol. The molecule has 1 amide bonds. The van der Waals surface area contributed by atoms with Crippen molar-refractivity contribution >= 4 is 18.0 Å². The summed E-state index contributed by atoms with van der Waals surface area (Å²) in [4.78, 5) is 44.3. The number of esters is 2. The highest BCUT2D eigenvalue weighted by Crippen LogP contribution is 2.22. The van der Waals surface area contributed by atoms with Gasteiger partial charge in [-0.05, 0) is 129 Å². The quantitative estimate of drug-likeness (QED) is 0.0341. The highest BCUT2D eigenvalue weighted by molar-refractivity contribution is 5.70. The molecule has 0 saturated carbocycles. The fraction of sp³-hybridized carbons (Fsp3) is 0.951. The molecule has 8 heteroatoms. The number of rotatable bonds is 50. The smallest absolute Gasteiger partial charge is 0.410 e. The second-order valence-corrected chi connectivity index (χ2v) is 21.7. The molecule has 408 valence electrons. The summed E-state index contributed by atoms with van der Waals surface area (Å²) in [6.07, 6.45) is 49.0. The van der Waals surface area contributed by atoms with Crippen LogP contribution in [0.3, 0.4) is 0 Å². The lowest BCUT2D eigenvalue weighted by Gasteiger charge is -2.34. The SMILES string of the molecule is CCCCCCC(CCCCCC)OC(=O)CCCCCCCCC(CCCCCCCCC(=O)OC(CCCCCC)CCCCCC)OC(=O)N(CCCCCC)CCCN1CCCCC1C. The first kappa shape index (κ1) is 65.2. The lowest BCUT2D eigenvalue weighted by Crippen LogP contribution is -2.41. The fourth-order valence-corrected chi connectivity index (χ4v) is 10.4. The predicted octanol–water partition coefficient (Wildman–Crippen LogP) is 18.6. The van der Waals surface area contributed by atoms with Crippen molar-refractivity contribution in [2.24, 2.45) is 0 Å². The summed E-state index contributed by atoms with van der Waals surface area (Å²) < 4.78 is 18.5. The van der Waals surface area contributed by atoms with Gasteiger partial charge >= 0.3 is 18.0 Å². The number of hydrogen-bond acceptors (Lipinski definition) is 7. The van der Waals surface area contributed by atoms with Crippen molar-refractivity contribution in [1.29, 1.82) is 0 Å². The largest absolute Gasteiger partial charge is 0.462 e. The van der Waals surface area contributed by atoms with Gasteiger partial charge in [-0.25, -0.2) is 4.79 Å². The van der Waals surface area contributed by atoms with Crippen LogP contribution in [-0.4, -0.2) is 78.4 Å². The molecule has 1 atom stereocenters. The second-order valence-electron chi connectivity index (χ2n) is 21.7. The van der Waals surface area contributed by atoms with Crippen molar-refractivity contribution in [3.63, 3.8) is 0 Å². The first-order chi connectivity index (χ1) is 33.8. The van der Waals surface area contributed by atoms with Crippen LogP contribution in [0.1, 0.15) is 324 Å². The number of carbonyl (C=O) groups excluding carboxylic acids is 3. The molecule has 0 bridgehead atoms. The minimum atomic E-state index is -0.102. The van der Waals surface area contributed by atoms with Crippen LogP contribution in [0.15, 0.2) is 0 Å². The zero-order valence-corrected chi connectivity index (χ0v) is 47.1. The summed E-state index contributed by atoms with van der Waals surface area (Å²) >= 11 is 0. The van der Waals surface area contributed by atoms with Crippen molar-refractivity contribution in [3.8, 4) is 0 Å². The Balaban J connectivity index is 2.65. The van der Waals surface area contributed by atoms with Gasteiger partial charge in [-0.3, -0.25) is 9.59 Å². The molecule has 0 spiro atoms. The Labute approximate surface area is 429 Å². The normalized spacial score (nSPS) is 14.3. The van der Waals surface area contributed by atoms with Crippen molar-refractivity contribution in [2.45, 2.75) is 348 Å². The second kappa shape index (κ2) is 48.4. The van der Waals surface area contributed by atoms with Gasteiger partial charge in [0.05, 0.1) is 0 Å². The Kier molecular flexibility index (Phi) is 45.8. The number of ether oxygens (including phenoxy) is 3. The van der Waals surface area contributed by atoms with Gasteiger partial charge in [0.15, 0.2) is 0 Å². The third-order valence-electron chi connectivity index (χ3n) is 15.1. The van der Waals surface area contributed by atoms with Gasteiger partial charge in [-0.15, -0.1) is 0 Å². The molecule has 1 unspecified atom stereocenters. The lowest BCUT2D eigenvalue weighted by molar-refractivity contribution is -0.151. The first-order valence-electron chi connectivity index (χ1n) is 30.9. The number of hydrogen-bond donors (Lipinski definition) is 0. The zero-order chi connectivity index (χ0) is 50.3. The third-order valence-corrected chi connectivity index (χ3v) is 15.1. The molecule has 1 fully saturated rings. The third kappa shape index (κ3) is 39.4. The van der Waals surface area contributed by atoms with Gasteiger partial charge in [-0.2, -0.15) is 0 Å². The summed E-state index contributed by atoms with van der Waals surface area (Å²) in [6.45, 7) is 17.4. The van der Waals surface area contributed by atoms with E-state index in [1.807, 2.05) is 4.90 Å². The summed E-state index contributed by atoms with van der Waals surface area (Å²) in [6, 6.07) is 0.640. The van der Waals surface area contributed by atoms with Gasteiger partial charge in [0.2, 0.25) is 0 Å². The van der Waals surface area contributed by atoms with E-state index in [9.17, 15) is 14.4 Å². The molecule has 1 aliphatic heterocycles. The number of unbranched alkanes of at least 4 members (excludes halogenated alkanes) is 25. The van der Waals surface area contributed by atoms with E-state index in [-0.39, 0.29) is 36.3 Å². The van der Waals surface area contributed by atoms with Crippen LogP contribution in [0.4, 0.5) is 4.79 Å². The maximum Gasteiger partial charge on any atom is 0.410 e. The summed E-state index contributed by atoms with van der Waals surface area (Å²) in [5.74, 6) is 0.00203. The van der Waals surface area contributed by atoms with Crippen molar-refractivity contribution < 1.29 is 28.6 Å². The van der Waals surface area contributed by atoms with Crippen molar-refractivity contribution in [2.75, 3.05) is 26.2 Å². The van der Waals surface area contributed by atoms with Gasteiger partial charge < -0.3 is 24.0 Å². The van der Waals surface area contributed by atoms with Crippen LogP contribution in [0, 0.1) is 0 Å². The van der Waals surface area contributed by atoms with Crippen molar-refractivity contribution in [1.82, 2.24) is 9.80 Å². The highest BCUT2D eigenvalue weighted by Gasteiger charge is 2.23. The van der Waals surface area contributed by atoms with Crippen LogP contribution in [0.25, 0.3) is 0 Å². The highest BCUT2D eigenvalue weighted by atomic mass is 16.6. The number of carbonyl (C=O) groups is 3. The Morgan fingerprint density at radius 3 is 1.14 bits per heavy atom. The molecule has 0 aromatic heterocycles. The van der Waals surface area contributed by atoms with Crippen LogP contribution in [0.5, 0.6) is 0 Å². The minimum Gasteiger partial charge on any atom is -0.462 e. The predicted molar refractivity (Wildman–Crippen MR) is 294 cm³/mol. The van der Waals surface area contributed by atoms with Gasteiger partial charge in [0, 0.05) is 38.5 Å². The van der Waals surface area contributed by atoms with E-state index in [2.05, 4.69) is 46.4 Å². The maximum atomic E-state index is 13.9. The Morgan fingerprint density at radius 1 is 0.420 bits per heavy atom. The van der Waals surface area contributed by atoms with E-state index in [1.54, 1.807) is 0 Å². The average molecular weight is 976 g/mol. The Hall–Kier alpha value is -1.83. The molecule has 8 nitrogen and oxygen atoms in total. The molecule has 0 aromatic rings. The van der Waals surface area contributed by atoms with Gasteiger partial charge in [0.25, 0.3) is 0 Å². The number of amides is 1. The maximum absolute atomic E-state index is 13.9. The van der Waals surface area contributed by atoms with Crippen LogP contribution >= 0.6 is 0 Å². The van der Waals surface area contributed by atoms with Crippen LogP contribution in [0.2, 0.25) is 0 Å². The van der Waals surface area contributed by atoms with Gasteiger partial charge in [-0.1, -0.05) is 189 Å². The lowest BCUT2D eigenvalue weighted by atomic mass is 10.0. The van der Waals surface area contributed by atoms with E-state index in [0.29, 0.717) is 18.9 Å². The van der Waals surface area contributed by atoms with E-state index in [4.69, 9.17) is 14.2 Å². The molecule has 69 heavy (non-hydrogen) atoms. The van der Waals surface area contributed by atoms with E-state index < -0.39 is 0 Å². The topological polar surface area (TPSA) is 85.4 Å². The van der Waals surface area contributed by atoms with E-state index >= 15 is 0 Å². The molecule has 0 aromatic carbocycles. The fourth-order valence-electron chi connectivity index (χ4n) is 10.4. The first-order valence-corrected chi connectivity index (χ1v) is 30.9. The minimum absolute atomic E-state index is 0.00102. The molecule has 0 radical (unpaired) electrons. The Bertz CT molecular complexity index is 1070. The van der Waals surface area contributed by atoms with Crippen LogP contribution in [-0.2, 0) is 23.8 Å². The standard InChI is InChI=1S/C61H118N2O6/c1-7-12-17-30-43-56(44-31-18-13-8-2)67-59(64)49-36-28-24-22-26-34-47-58(69-61(66)63(52-39-21-16-11-5)54-41-53-62-51-40-38-42-55(62)6)48-35-27-23-25-29-37-50-60(65)68-57(45-32-19-14-9-3)46-33-20-15-10-4/h55-58H,7-54H2,1-6H3. The molecule has 1 saturated heterocycles. The summed E-state index contributed by atoms with van der Waals surface area (Å²) in [5, 5.41) is 0. The molecule has 0 N–H and O–H groups in total. The average Bonchev–Trinajstić information content (AvgIpc) is 3.34. The number of nitrogens with zero attached hydrogens (tertiary/aromatic N) is 2. The van der Waals surface area contributed by atoms with Gasteiger partial charge in [0.1, 0.15) is 18.3 Å². The zero-order valence-electron chi connectivity index (χ0n) is 47.1. The number of piperidine rings is 1. The van der Waals surface area contributed by atoms with Crippen LogP contribution < -0.4 is 0 Å². The molecular weight excluding hydrogens is 857 g/mol. The summed E-state index contributed by atoms with van der Waals surface area (Å²) in [5.41, 5.74) is 0. The molecule has 1 rings (SSSR count). The number of likely N-dealkylation sites (tertiary alicyclic amines) is 1. The van der Waals surface area contributed by atoms with Crippen molar-refractivity contribution in [3.05, 3.63) is 0 Å². The van der Waals surface area contributed by atoms with E-state index in [1.165, 1.54) is 116 Å². The molecular formula is C61H118N2O6. The Morgan fingerprint density at radius 2 is 0.754 bits per heavy atom. The summed E-state index contributed by atoms with van der Waals surface area (Å²) in [7, 11) is 0. The molecule has 1 heterocycles. The van der Waals surface area contributed by atoms with E-state index in [0.717, 1.165) is 180 Å². The molecule has 1 aliphatic rings.